The number of carbonyl (C=O) groups is 1. The summed E-state index contributed by atoms with van der Waals surface area (Å²) in [5.74, 6) is 0. The van der Waals surface area contributed by atoms with Gasteiger partial charge in [-0.3, -0.25) is 4.98 Å². The molecule has 0 atom stereocenters. The minimum absolute atomic E-state index is 0.248. The summed E-state index contributed by atoms with van der Waals surface area (Å²) < 4.78 is 5.39. The van der Waals surface area contributed by atoms with Crippen LogP contribution in [0.3, 0.4) is 0 Å². The lowest BCUT2D eigenvalue weighted by atomic mass is 10.2. The van der Waals surface area contributed by atoms with Gasteiger partial charge in [0.2, 0.25) is 0 Å². The number of ether oxygens (including phenoxy) is 1. The monoisotopic (exact) mass is 311 g/mol. The van der Waals surface area contributed by atoms with Crippen LogP contribution in [0.25, 0.3) is 0 Å². The van der Waals surface area contributed by atoms with Crippen molar-refractivity contribution in [3.05, 3.63) is 23.0 Å². The fourth-order valence-electron chi connectivity index (χ4n) is 2.14. The van der Waals surface area contributed by atoms with E-state index in [1.54, 1.807) is 4.90 Å². The molecule has 6 heteroatoms. The van der Waals surface area contributed by atoms with Crippen LogP contribution in [-0.4, -0.2) is 47.8 Å². The van der Waals surface area contributed by atoms with Gasteiger partial charge in [0.25, 0.3) is 0 Å². The predicted octanol–water partition coefficient (Wildman–Crippen LogP) is 3.10. The number of carbonyl (C=O) groups excluding carboxylic acids is 1. The summed E-state index contributed by atoms with van der Waals surface area (Å²) in [6, 6.07) is 1.92. The van der Waals surface area contributed by atoms with Crippen molar-refractivity contribution in [3.8, 4) is 0 Å². The van der Waals surface area contributed by atoms with Gasteiger partial charge in [-0.1, -0.05) is 11.6 Å². The van der Waals surface area contributed by atoms with Crippen molar-refractivity contribution in [1.82, 2.24) is 9.88 Å². The molecular formula is C15H22ClN3O2. The summed E-state index contributed by atoms with van der Waals surface area (Å²) >= 11 is 6.11. The number of halogens is 1. The second-order valence-corrected chi connectivity index (χ2v) is 6.62. The number of hydrogen-bond acceptors (Lipinski definition) is 4. The van der Waals surface area contributed by atoms with Gasteiger partial charge >= 0.3 is 6.09 Å². The lowest BCUT2D eigenvalue weighted by molar-refractivity contribution is 0.0240. The van der Waals surface area contributed by atoms with Gasteiger partial charge < -0.3 is 14.5 Å². The van der Waals surface area contributed by atoms with Gasteiger partial charge in [0.1, 0.15) is 5.60 Å². The summed E-state index contributed by atoms with van der Waals surface area (Å²) in [6.45, 7) is 10.3. The van der Waals surface area contributed by atoms with Crippen molar-refractivity contribution in [2.75, 3.05) is 31.1 Å². The molecule has 1 amide bonds. The summed E-state index contributed by atoms with van der Waals surface area (Å²) in [5, 5.41) is 0.669. The van der Waals surface area contributed by atoms with E-state index in [1.807, 2.05) is 40.0 Å². The Labute approximate surface area is 130 Å². The molecule has 0 bridgehead atoms. The van der Waals surface area contributed by atoms with Gasteiger partial charge in [0, 0.05) is 26.2 Å². The molecule has 0 spiro atoms. The molecule has 0 unspecified atom stereocenters. The molecule has 1 aliphatic rings. The van der Waals surface area contributed by atoms with E-state index in [0.29, 0.717) is 18.1 Å². The zero-order chi connectivity index (χ0) is 15.6. The van der Waals surface area contributed by atoms with E-state index >= 15 is 0 Å². The number of hydrogen-bond donors (Lipinski definition) is 0. The van der Waals surface area contributed by atoms with Gasteiger partial charge in [0.15, 0.2) is 0 Å². The molecule has 21 heavy (non-hydrogen) atoms. The van der Waals surface area contributed by atoms with Crippen molar-refractivity contribution in [2.45, 2.75) is 33.3 Å². The highest BCUT2D eigenvalue weighted by atomic mass is 35.5. The van der Waals surface area contributed by atoms with Crippen molar-refractivity contribution in [2.24, 2.45) is 0 Å². The first kappa shape index (κ1) is 15.9. The van der Waals surface area contributed by atoms with Gasteiger partial charge in [-0.05, 0) is 33.8 Å². The molecule has 2 rings (SSSR count). The normalized spacial score (nSPS) is 16.0. The number of pyridine rings is 1. The number of amides is 1. The number of anilines is 1. The summed E-state index contributed by atoms with van der Waals surface area (Å²) in [7, 11) is 0. The third kappa shape index (κ3) is 4.24. The molecule has 116 valence electrons. The Morgan fingerprint density at radius 1 is 1.29 bits per heavy atom. The van der Waals surface area contributed by atoms with Crippen LogP contribution in [0.1, 0.15) is 26.5 Å². The zero-order valence-electron chi connectivity index (χ0n) is 13.0. The minimum Gasteiger partial charge on any atom is -0.444 e. The topological polar surface area (TPSA) is 45.7 Å². The summed E-state index contributed by atoms with van der Waals surface area (Å²) in [6.07, 6.45) is 1.58. The lowest BCUT2D eigenvalue weighted by Crippen LogP contribution is -2.50. The van der Waals surface area contributed by atoms with Gasteiger partial charge in [-0.25, -0.2) is 4.79 Å². The van der Waals surface area contributed by atoms with Crippen LogP contribution < -0.4 is 4.90 Å². The molecule has 1 aliphatic heterocycles. The standard InChI is InChI=1S/C15H22ClN3O2/c1-11-13(16)9-12(10-17-11)18-5-7-19(8-6-18)14(20)21-15(2,3)4/h9-10H,5-8H2,1-4H3. The first-order valence-electron chi connectivity index (χ1n) is 7.11. The highest BCUT2D eigenvalue weighted by molar-refractivity contribution is 6.31. The first-order valence-corrected chi connectivity index (χ1v) is 7.49. The van der Waals surface area contributed by atoms with E-state index in [-0.39, 0.29) is 6.09 Å². The average Bonchev–Trinajstić information content (AvgIpc) is 2.40. The first-order chi connectivity index (χ1) is 9.76. The Morgan fingerprint density at radius 3 is 2.43 bits per heavy atom. The molecule has 5 nitrogen and oxygen atoms in total. The lowest BCUT2D eigenvalue weighted by Gasteiger charge is -2.36. The van der Waals surface area contributed by atoms with Gasteiger partial charge in [0.05, 0.1) is 22.6 Å². The molecule has 2 heterocycles. The molecule has 0 saturated carbocycles. The maximum absolute atomic E-state index is 12.0. The van der Waals surface area contributed by atoms with Crippen LogP contribution in [0.5, 0.6) is 0 Å². The molecule has 0 radical (unpaired) electrons. The summed E-state index contributed by atoms with van der Waals surface area (Å²) in [5.41, 5.74) is 1.37. The Hall–Kier alpha value is -1.49. The average molecular weight is 312 g/mol. The Balaban J connectivity index is 1.94. The number of piperazine rings is 1. The summed E-state index contributed by atoms with van der Waals surface area (Å²) in [4.78, 5) is 20.2. The molecular weight excluding hydrogens is 290 g/mol. The van der Waals surface area contributed by atoms with Crippen molar-refractivity contribution in [1.29, 1.82) is 0 Å². The number of aromatic nitrogens is 1. The van der Waals surface area contributed by atoms with Gasteiger partial charge in [-0.15, -0.1) is 0 Å². The van der Waals surface area contributed by atoms with Crippen LogP contribution in [0.4, 0.5) is 10.5 Å². The van der Waals surface area contributed by atoms with Crippen LogP contribution in [0.2, 0.25) is 5.02 Å². The Morgan fingerprint density at radius 2 is 1.90 bits per heavy atom. The fourth-order valence-corrected chi connectivity index (χ4v) is 2.30. The number of aryl methyl sites for hydroxylation is 1. The fraction of sp³-hybridized carbons (Fsp3) is 0.600. The van der Waals surface area contributed by atoms with E-state index in [0.717, 1.165) is 24.5 Å². The SMILES string of the molecule is Cc1ncc(N2CCN(C(=O)OC(C)(C)C)CC2)cc1Cl. The highest BCUT2D eigenvalue weighted by Gasteiger charge is 2.26. The van der Waals surface area contributed by atoms with Crippen LogP contribution in [0.15, 0.2) is 12.3 Å². The molecule has 1 fully saturated rings. The number of rotatable bonds is 1. The quantitative estimate of drug-likeness (QED) is 0.799. The van der Waals surface area contributed by atoms with Crippen LogP contribution in [0, 0.1) is 6.92 Å². The van der Waals surface area contributed by atoms with E-state index in [4.69, 9.17) is 16.3 Å². The predicted molar refractivity (Wildman–Crippen MR) is 84.0 cm³/mol. The molecule has 0 N–H and O–H groups in total. The zero-order valence-corrected chi connectivity index (χ0v) is 13.8. The molecule has 0 aromatic carbocycles. The smallest absolute Gasteiger partial charge is 0.410 e. The van der Waals surface area contributed by atoms with E-state index < -0.39 is 5.60 Å². The van der Waals surface area contributed by atoms with Crippen molar-refractivity contribution in [3.63, 3.8) is 0 Å². The Bertz CT molecular complexity index is 520. The highest BCUT2D eigenvalue weighted by Crippen LogP contribution is 2.22. The maximum atomic E-state index is 12.0. The molecule has 1 aromatic rings. The maximum Gasteiger partial charge on any atom is 0.410 e. The molecule has 1 aromatic heterocycles. The third-order valence-corrected chi connectivity index (χ3v) is 3.69. The van der Waals surface area contributed by atoms with Gasteiger partial charge in [-0.2, -0.15) is 0 Å². The second-order valence-electron chi connectivity index (χ2n) is 6.22. The van der Waals surface area contributed by atoms with Crippen LogP contribution >= 0.6 is 11.6 Å². The van der Waals surface area contributed by atoms with Crippen LogP contribution in [-0.2, 0) is 4.74 Å². The van der Waals surface area contributed by atoms with Crippen molar-refractivity contribution >= 4 is 23.4 Å². The third-order valence-electron chi connectivity index (χ3n) is 3.31. The molecule has 0 aliphatic carbocycles. The Kier molecular flexibility index (Phi) is 4.61. The van der Waals surface area contributed by atoms with E-state index in [1.165, 1.54) is 0 Å². The van der Waals surface area contributed by atoms with E-state index in [2.05, 4.69) is 9.88 Å². The minimum atomic E-state index is -0.456. The largest absolute Gasteiger partial charge is 0.444 e. The number of nitrogens with zero attached hydrogens (tertiary/aromatic N) is 3. The molecule has 1 saturated heterocycles. The van der Waals surface area contributed by atoms with Crippen molar-refractivity contribution < 1.29 is 9.53 Å². The second kappa shape index (κ2) is 6.10. The van der Waals surface area contributed by atoms with E-state index in [9.17, 15) is 4.79 Å².